The van der Waals surface area contributed by atoms with Gasteiger partial charge < -0.3 is 15.3 Å². The van der Waals surface area contributed by atoms with Gasteiger partial charge in [0.2, 0.25) is 0 Å². The number of nitrogens with two attached hydrogens (primary N) is 1. The molecule has 0 radical (unpaired) electrons. The lowest BCUT2D eigenvalue weighted by Gasteiger charge is -2.10. The van der Waals surface area contributed by atoms with Crippen LogP contribution in [0.5, 0.6) is 5.88 Å². The van der Waals surface area contributed by atoms with Crippen molar-refractivity contribution in [2.75, 3.05) is 5.73 Å². The zero-order chi connectivity index (χ0) is 16.8. The van der Waals surface area contributed by atoms with Crippen LogP contribution < -0.4 is 5.73 Å². The molecule has 0 amide bonds. The molecular formula is C15H11ClN6O2. The van der Waals surface area contributed by atoms with Gasteiger partial charge in [0, 0.05) is 11.8 Å². The van der Waals surface area contributed by atoms with E-state index < -0.39 is 0 Å². The van der Waals surface area contributed by atoms with Crippen LogP contribution >= 0.6 is 11.6 Å². The molecule has 9 heteroatoms. The van der Waals surface area contributed by atoms with E-state index in [1.54, 1.807) is 18.3 Å². The van der Waals surface area contributed by atoms with Gasteiger partial charge in [0.25, 0.3) is 5.88 Å². The van der Waals surface area contributed by atoms with E-state index in [1.165, 1.54) is 11.1 Å². The number of hydrogen-bond acceptors (Lipinski definition) is 7. The standard InChI is InChI=1S/C15H11ClN6O2/c1-7-2-3-22(21-7)14-11(19-15(23)13(17)20-14)8-4-9(16)12-10(5-8)24-6-18-12/h2-6H,1H3,(H2,17,20)(H,19,23). The van der Waals surface area contributed by atoms with Crippen LogP contribution in [0.25, 0.3) is 28.2 Å². The number of aromatic hydroxyl groups is 1. The lowest BCUT2D eigenvalue weighted by Crippen LogP contribution is -2.06. The zero-order valence-corrected chi connectivity index (χ0v) is 13.2. The van der Waals surface area contributed by atoms with Crippen LogP contribution in [-0.4, -0.2) is 29.8 Å². The van der Waals surface area contributed by atoms with Crippen LogP contribution in [0.2, 0.25) is 5.02 Å². The highest BCUT2D eigenvalue weighted by Crippen LogP contribution is 2.33. The quantitative estimate of drug-likeness (QED) is 0.575. The molecule has 0 aliphatic carbocycles. The minimum atomic E-state index is -0.369. The summed E-state index contributed by atoms with van der Waals surface area (Å²) in [6.45, 7) is 1.85. The molecule has 0 bridgehead atoms. The van der Waals surface area contributed by atoms with Crippen LogP contribution in [0.3, 0.4) is 0 Å². The first kappa shape index (κ1) is 14.5. The average Bonchev–Trinajstić information content (AvgIpc) is 3.18. The third kappa shape index (κ3) is 2.24. The molecule has 0 fully saturated rings. The first-order valence-corrected chi connectivity index (χ1v) is 7.33. The second-order valence-corrected chi connectivity index (χ2v) is 5.57. The van der Waals surface area contributed by atoms with E-state index in [2.05, 4.69) is 20.1 Å². The maximum Gasteiger partial charge on any atom is 0.255 e. The Morgan fingerprint density at radius 3 is 2.88 bits per heavy atom. The van der Waals surface area contributed by atoms with E-state index in [1.807, 2.05) is 13.0 Å². The van der Waals surface area contributed by atoms with E-state index in [9.17, 15) is 5.11 Å². The Kier molecular flexibility index (Phi) is 3.14. The second-order valence-electron chi connectivity index (χ2n) is 5.16. The number of nitrogen functional groups attached to an aromatic ring is 1. The highest BCUT2D eigenvalue weighted by molar-refractivity contribution is 6.35. The Bertz CT molecular complexity index is 1070. The molecule has 0 saturated carbocycles. The van der Waals surface area contributed by atoms with Crippen molar-refractivity contribution in [2.24, 2.45) is 0 Å². The molecule has 24 heavy (non-hydrogen) atoms. The van der Waals surface area contributed by atoms with Crippen molar-refractivity contribution >= 4 is 28.5 Å². The summed E-state index contributed by atoms with van der Waals surface area (Å²) in [7, 11) is 0. The third-order valence-corrected chi connectivity index (χ3v) is 3.78. The topological polar surface area (TPSA) is 116 Å². The molecule has 3 aromatic heterocycles. The van der Waals surface area contributed by atoms with Gasteiger partial charge in [0.1, 0.15) is 11.2 Å². The molecule has 0 saturated heterocycles. The minimum absolute atomic E-state index is 0.0891. The van der Waals surface area contributed by atoms with Crippen molar-refractivity contribution < 1.29 is 9.52 Å². The fourth-order valence-electron chi connectivity index (χ4n) is 2.38. The summed E-state index contributed by atoms with van der Waals surface area (Å²) in [6, 6.07) is 5.21. The highest BCUT2D eigenvalue weighted by Gasteiger charge is 2.18. The van der Waals surface area contributed by atoms with Gasteiger partial charge in [-0.15, -0.1) is 0 Å². The second kappa shape index (κ2) is 5.20. The van der Waals surface area contributed by atoms with Gasteiger partial charge in [-0.2, -0.15) is 5.10 Å². The van der Waals surface area contributed by atoms with Gasteiger partial charge in [-0.1, -0.05) is 11.6 Å². The Balaban J connectivity index is 2.00. The van der Waals surface area contributed by atoms with Crippen LogP contribution in [0.1, 0.15) is 5.69 Å². The maximum atomic E-state index is 9.88. The number of nitrogens with zero attached hydrogens (tertiary/aromatic N) is 5. The molecule has 0 aliphatic heterocycles. The lowest BCUT2D eigenvalue weighted by atomic mass is 10.1. The summed E-state index contributed by atoms with van der Waals surface area (Å²) < 4.78 is 6.84. The number of anilines is 1. The molecular weight excluding hydrogens is 332 g/mol. The summed E-state index contributed by atoms with van der Waals surface area (Å²) in [5.41, 5.74) is 8.50. The first-order chi connectivity index (χ1) is 11.5. The fraction of sp³-hybridized carbons (Fsp3) is 0.0667. The zero-order valence-electron chi connectivity index (χ0n) is 12.4. The number of aryl methyl sites for hydroxylation is 1. The SMILES string of the molecule is Cc1ccn(-c2nc(N)c(O)nc2-c2cc(Cl)c3ncoc3c2)n1. The van der Waals surface area contributed by atoms with Crippen molar-refractivity contribution in [1.82, 2.24) is 24.7 Å². The molecule has 0 atom stereocenters. The van der Waals surface area contributed by atoms with Gasteiger partial charge in [-0.25, -0.2) is 19.6 Å². The third-order valence-electron chi connectivity index (χ3n) is 3.49. The first-order valence-electron chi connectivity index (χ1n) is 6.95. The monoisotopic (exact) mass is 342 g/mol. The largest absolute Gasteiger partial charge is 0.491 e. The summed E-state index contributed by atoms with van der Waals surface area (Å²) in [4.78, 5) is 12.4. The summed E-state index contributed by atoms with van der Waals surface area (Å²) in [5, 5.41) is 14.6. The molecule has 4 aromatic rings. The van der Waals surface area contributed by atoms with Crippen LogP contribution in [-0.2, 0) is 0 Å². The number of halogens is 1. The van der Waals surface area contributed by atoms with E-state index in [0.29, 0.717) is 33.2 Å². The van der Waals surface area contributed by atoms with Crippen LogP contribution in [0, 0.1) is 6.92 Å². The highest BCUT2D eigenvalue weighted by atomic mass is 35.5. The van der Waals surface area contributed by atoms with Crippen LogP contribution in [0.4, 0.5) is 5.82 Å². The Morgan fingerprint density at radius 1 is 1.29 bits per heavy atom. The van der Waals surface area contributed by atoms with E-state index >= 15 is 0 Å². The van der Waals surface area contributed by atoms with Crippen molar-refractivity contribution in [3.8, 4) is 23.0 Å². The summed E-state index contributed by atoms with van der Waals surface area (Å²) in [5.74, 6) is -0.0894. The molecule has 1 aromatic carbocycles. The van der Waals surface area contributed by atoms with Gasteiger partial charge in [-0.3, -0.25) is 0 Å². The lowest BCUT2D eigenvalue weighted by molar-refractivity contribution is 0.454. The fourth-order valence-corrected chi connectivity index (χ4v) is 2.64. The molecule has 0 unspecified atom stereocenters. The molecule has 3 heterocycles. The molecule has 0 spiro atoms. The molecule has 0 aliphatic rings. The molecule has 4 rings (SSSR count). The molecule has 8 nitrogen and oxygen atoms in total. The van der Waals surface area contributed by atoms with Gasteiger partial charge in [0.15, 0.2) is 23.6 Å². The summed E-state index contributed by atoms with van der Waals surface area (Å²) in [6.07, 6.45) is 3.04. The Hall–Kier alpha value is -3.13. The van der Waals surface area contributed by atoms with Crippen molar-refractivity contribution in [3.05, 3.63) is 41.5 Å². The number of hydrogen-bond donors (Lipinski definition) is 2. The maximum absolute atomic E-state index is 9.88. The van der Waals surface area contributed by atoms with E-state index in [-0.39, 0.29) is 11.7 Å². The number of aromatic nitrogens is 5. The van der Waals surface area contributed by atoms with E-state index in [4.69, 9.17) is 21.8 Å². The normalized spacial score (nSPS) is 11.2. The van der Waals surface area contributed by atoms with Crippen molar-refractivity contribution in [3.63, 3.8) is 0 Å². The van der Waals surface area contributed by atoms with Gasteiger partial charge >= 0.3 is 0 Å². The van der Waals surface area contributed by atoms with Crippen LogP contribution in [0.15, 0.2) is 35.2 Å². The Morgan fingerprint density at radius 2 is 2.12 bits per heavy atom. The van der Waals surface area contributed by atoms with Gasteiger partial charge in [0.05, 0.1) is 10.7 Å². The number of fused-ring (bicyclic) bond motifs is 1. The number of rotatable bonds is 2. The smallest absolute Gasteiger partial charge is 0.255 e. The minimum Gasteiger partial charge on any atom is -0.491 e. The summed E-state index contributed by atoms with van der Waals surface area (Å²) >= 11 is 6.25. The number of benzene rings is 1. The predicted molar refractivity (Wildman–Crippen MR) is 88.0 cm³/mol. The van der Waals surface area contributed by atoms with Gasteiger partial charge in [-0.05, 0) is 25.1 Å². The van der Waals surface area contributed by atoms with Crippen molar-refractivity contribution in [1.29, 1.82) is 0 Å². The molecule has 3 N–H and O–H groups in total. The average molecular weight is 343 g/mol. The molecule has 120 valence electrons. The van der Waals surface area contributed by atoms with E-state index in [0.717, 1.165) is 5.69 Å². The number of oxazole rings is 1. The predicted octanol–water partition coefficient (Wildman–Crippen LogP) is 2.72. The Labute approximate surface area is 140 Å². The van der Waals surface area contributed by atoms with Crippen molar-refractivity contribution in [2.45, 2.75) is 6.92 Å².